The Bertz CT molecular complexity index is 813. The second-order valence-electron chi connectivity index (χ2n) is 6.01. The first-order valence-corrected chi connectivity index (χ1v) is 8.68. The lowest BCUT2D eigenvalue weighted by Gasteiger charge is -2.11. The van der Waals surface area contributed by atoms with Crippen LogP contribution in [0, 0.1) is 0 Å². The fourth-order valence-electron chi connectivity index (χ4n) is 2.24. The molecule has 8 nitrogen and oxygen atoms in total. The van der Waals surface area contributed by atoms with Gasteiger partial charge in [0.15, 0.2) is 0 Å². The maximum absolute atomic E-state index is 12.5. The van der Waals surface area contributed by atoms with Crippen molar-refractivity contribution in [1.29, 1.82) is 0 Å². The molecule has 2 rings (SSSR count). The summed E-state index contributed by atoms with van der Waals surface area (Å²) in [7, 11) is 5.30. The molecule has 27 heavy (non-hydrogen) atoms. The summed E-state index contributed by atoms with van der Waals surface area (Å²) >= 11 is 6.10. The first-order valence-electron chi connectivity index (χ1n) is 8.30. The first-order chi connectivity index (χ1) is 12.9. The van der Waals surface area contributed by atoms with Crippen LogP contribution in [0.15, 0.2) is 30.6 Å². The Morgan fingerprint density at radius 3 is 2.70 bits per heavy atom. The number of ether oxygens (including phenoxy) is 1. The third-order valence-electron chi connectivity index (χ3n) is 3.62. The molecule has 0 aliphatic rings. The molecule has 0 aliphatic carbocycles. The number of aromatic nitrogens is 2. The van der Waals surface area contributed by atoms with Crippen molar-refractivity contribution >= 4 is 35.0 Å². The van der Waals surface area contributed by atoms with Gasteiger partial charge in [0.25, 0.3) is 5.91 Å². The van der Waals surface area contributed by atoms with Crippen LogP contribution in [0.5, 0.6) is 0 Å². The van der Waals surface area contributed by atoms with Gasteiger partial charge in [0.1, 0.15) is 17.8 Å². The molecular weight excluding hydrogens is 370 g/mol. The van der Waals surface area contributed by atoms with Crippen molar-refractivity contribution in [2.24, 2.45) is 0 Å². The van der Waals surface area contributed by atoms with Crippen LogP contribution in [-0.4, -0.2) is 61.0 Å². The molecule has 0 radical (unpaired) electrons. The van der Waals surface area contributed by atoms with Crippen LogP contribution in [0.25, 0.3) is 0 Å². The molecule has 1 amide bonds. The van der Waals surface area contributed by atoms with E-state index in [2.05, 4.69) is 30.2 Å². The number of hydrogen-bond acceptors (Lipinski definition) is 7. The third-order valence-corrected chi connectivity index (χ3v) is 3.95. The third kappa shape index (κ3) is 6.19. The molecule has 0 saturated heterocycles. The summed E-state index contributed by atoms with van der Waals surface area (Å²) in [6, 6.07) is 6.04. The number of anilines is 2. The van der Waals surface area contributed by atoms with Gasteiger partial charge in [-0.15, -0.1) is 0 Å². The number of hydrogen-bond donors (Lipinski definition) is 2. The van der Waals surface area contributed by atoms with E-state index >= 15 is 0 Å². The largest absolute Gasteiger partial charge is 0.465 e. The fourth-order valence-corrected chi connectivity index (χ4v) is 2.41. The Hall–Kier alpha value is -2.71. The molecule has 1 heterocycles. The predicted molar refractivity (Wildman–Crippen MR) is 104 cm³/mol. The lowest BCUT2D eigenvalue weighted by atomic mass is 10.2. The van der Waals surface area contributed by atoms with Crippen LogP contribution in [0.3, 0.4) is 0 Å². The number of nitrogens with zero attached hydrogens (tertiary/aromatic N) is 3. The van der Waals surface area contributed by atoms with Gasteiger partial charge in [-0.05, 0) is 45.3 Å². The normalized spacial score (nSPS) is 10.6. The van der Waals surface area contributed by atoms with Crippen molar-refractivity contribution in [2.45, 2.75) is 6.42 Å². The van der Waals surface area contributed by atoms with Crippen LogP contribution < -0.4 is 10.6 Å². The van der Waals surface area contributed by atoms with Crippen LogP contribution in [-0.2, 0) is 4.74 Å². The van der Waals surface area contributed by atoms with Gasteiger partial charge in [0, 0.05) is 12.6 Å². The number of methoxy groups -OCH3 is 1. The van der Waals surface area contributed by atoms with Crippen LogP contribution in [0.2, 0.25) is 5.02 Å². The Kier molecular flexibility index (Phi) is 7.51. The molecular formula is C18H22ClN5O3. The highest BCUT2D eigenvalue weighted by Gasteiger charge is 2.14. The Balaban J connectivity index is 2.06. The lowest BCUT2D eigenvalue weighted by Crippen LogP contribution is -2.18. The Labute approximate surface area is 162 Å². The van der Waals surface area contributed by atoms with E-state index in [4.69, 9.17) is 11.6 Å². The summed E-state index contributed by atoms with van der Waals surface area (Å²) in [5, 5.41) is 6.11. The van der Waals surface area contributed by atoms with Crippen molar-refractivity contribution in [2.75, 3.05) is 44.9 Å². The monoisotopic (exact) mass is 391 g/mol. The highest BCUT2D eigenvalue weighted by molar-refractivity contribution is 6.34. The molecule has 144 valence electrons. The molecule has 0 fully saturated rings. The molecule has 1 aromatic carbocycles. The Morgan fingerprint density at radius 2 is 2.00 bits per heavy atom. The molecule has 0 atom stereocenters. The Morgan fingerprint density at radius 1 is 1.22 bits per heavy atom. The van der Waals surface area contributed by atoms with E-state index in [1.165, 1.54) is 31.6 Å². The maximum Gasteiger partial charge on any atom is 0.337 e. The number of benzene rings is 1. The number of esters is 1. The molecule has 2 N–H and O–H groups in total. The van der Waals surface area contributed by atoms with E-state index in [0.29, 0.717) is 16.5 Å². The molecule has 0 bridgehead atoms. The minimum atomic E-state index is -0.520. The quantitative estimate of drug-likeness (QED) is 0.527. The van der Waals surface area contributed by atoms with E-state index in [0.717, 1.165) is 19.5 Å². The van der Waals surface area contributed by atoms with E-state index in [1.807, 2.05) is 14.1 Å². The maximum atomic E-state index is 12.5. The average Bonchev–Trinajstić information content (AvgIpc) is 2.66. The number of rotatable bonds is 8. The van der Waals surface area contributed by atoms with Gasteiger partial charge in [0.2, 0.25) is 0 Å². The lowest BCUT2D eigenvalue weighted by molar-refractivity contribution is 0.0600. The summed E-state index contributed by atoms with van der Waals surface area (Å²) in [6.07, 6.45) is 2.25. The van der Waals surface area contributed by atoms with Gasteiger partial charge in [-0.1, -0.05) is 11.6 Å². The number of carbonyl (C=O) groups excluding carboxylic acids is 2. The topological polar surface area (TPSA) is 96.4 Å². The van der Waals surface area contributed by atoms with Crippen LogP contribution >= 0.6 is 11.6 Å². The highest BCUT2D eigenvalue weighted by Crippen LogP contribution is 2.24. The molecule has 9 heteroatoms. The summed E-state index contributed by atoms with van der Waals surface area (Å²) in [5.74, 6) is -0.422. The standard InChI is InChI=1S/C18H22ClN5O3/c1-24(2)8-4-7-20-16-10-15(21-11-22-16)17(25)23-14-9-12(18(26)27-3)5-6-13(14)19/h5-6,9-11H,4,7-8H2,1-3H3,(H,23,25)(H,20,21,22). The van der Waals surface area contributed by atoms with Gasteiger partial charge in [-0.25, -0.2) is 14.8 Å². The zero-order valence-electron chi connectivity index (χ0n) is 15.5. The average molecular weight is 392 g/mol. The number of carbonyl (C=O) groups is 2. The second kappa shape index (κ2) is 9.84. The zero-order chi connectivity index (χ0) is 19.8. The molecule has 0 spiro atoms. The number of nitrogens with one attached hydrogen (secondary N) is 2. The predicted octanol–water partition coefficient (Wildman–Crippen LogP) is 2.53. The van der Waals surface area contributed by atoms with Gasteiger partial charge >= 0.3 is 5.97 Å². The van der Waals surface area contributed by atoms with E-state index in [1.54, 1.807) is 6.07 Å². The molecule has 1 aromatic heterocycles. The summed E-state index contributed by atoms with van der Waals surface area (Å²) < 4.78 is 4.67. The van der Waals surface area contributed by atoms with Crippen molar-refractivity contribution in [3.8, 4) is 0 Å². The van der Waals surface area contributed by atoms with E-state index < -0.39 is 11.9 Å². The van der Waals surface area contributed by atoms with Gasteiger partial charge in [-0.3, -0.25) is 4.79 Å². The van der Waals surface area contributed by atoms with Crippen LogP contribution in [0.1, 0.15) is 27.3 Å². The molecule has 0 unspecified atom stereocenters. The smallest absolute Gasteiger partial charge is 0.337 e. The molecule has 0 saturated carbocycles. The van der Waals surface area contributed by atoms with E-state index in [9.17, 15) is 9.59 Å². The molecule has 2 aromatic rings. The summed E-state index contributed by atoms with van der Waals surface area (Å²) in [4.78, 5) is 34.3. The summed E-state index contributed by atoms with van der Waals surface area (Å²) in [5.41, 5.74) is 0.756. The minimum absolute atomic E-state index is 0.180. The first kappa shape index (κ1) is 20.6. The van der Waals surface area contributed by atoms with Crippen LogP contribution in [0.4, 0.5) is 11.5 Å². The second-order valence-corrected chi connectivity index (χ2v) is 6.42. The van der Waals surface area contributed by atoms with Gasteiger partial charge in [0.05, 0.1) is 23.4 Å². The SMILES string of the molecule is COC(=O)c1ccc(Cl)c(NC(=O)c2cc(NCCCN(C)C)ncn2)c1. The molecule has 0 aliphatic heterocycles. The van der Waals surface area contributed by atoms with Gasteiger partial charge < -0.3 is 20.3 Å². The number of amides is 1. The van der Waals surface area contributed by atoms with Crippen molar-refractivity contribution in [1.82, 2.24) is 14.9 Å². The minimum Gasteiger partial charge on any atom is -0.465 e. The number of halogens is 1. The zero-order valence-corrected chi connectivity index (χ0v) is 16.2. The van der Waals surface area contributed by atoms with E-state index in [-0.39, 0.29) is 11.3 Å². The highest BCUT2D eigenvalue weighted by atomic mass is 35.5. The summed E-state index contributed by atoms with van der Waals surface area (Å²) in [6.45, 7) is 1.67. The van der Waals surface area contributed by atoms with Crippen molar-refractivity contribution in [3.63, 3.8) is 0 Å². The fraction of sp³-hybridized carbons (Fsp3) is 0.333. The van der Waals surface area contributed by atoms with Crippen molar-refractivity contribution in [3.05, 3.63) is 46.9 Å². The van der Waals surface area contributed by atoms with Crippen molar-refractivity contribution < 1.29 is 14.3 Å². The van der Waals surface area contributed by atoms with Gasteiger partial charge in [-0.2, -0.15) is 0 Å².